The highest BCUT2D eigenvalue weighted by Gasteiger charge is 2.33. The molecule has 4 aromatic rings. The van der Waals surface area contributed by atoms with Crippen molar-refractivity contribution in [3.05, 3.63) is 44.2 Å². The molecule has 5 rings (SSSR count). The maximum Gasteiger partial charge on any atom is 0.198 e. The quantitative estimate of drug-likeness (QED) is 0.177. The third-order valence-corrected chi connectivity index (χ3v) is 9.92. The van der Waals surface area contributed by atoms with E-state index in [0.717, 1.165) is 56.8 Å². The van der Waals surface area contributed by atoms with Crippen LogP contribution in [0.1, 0.15) is 49.6 Å². The number of aromatic nitrogens is 4. The molecule has 1 aliphatic rings. The van der Waals surface area contributed by atoms with Crippen LogP contribution in [0.25, 0.3) is 15.9 Å². The molecule has 174 valence electrons. The molecule has 3 aromatic heterocycles. The van der Waals surface area contributed by atoms with Gasteiger partial charge in [-0.25, -0.2) is 9.38 Å². The zero-order valence-corrected chi connectivity index (χ0v) is 22.6. The van der Waals surface area contributed by atoms with E-state index in [-0.39, 0.29) is 5.60 Å². The zero-order chi connectivity index (χ0) is 23.2. The van der Waals surface area contributed by atoms with Gasteiger partial charge in [0.1, 0.15) is 4.83 Å². The number of hydrogen-bond acceptors (Lipinski definition) is 7. The number of nitrogens with zero attached hydrogens (tertiary/aromatic N) is 4. The Balaban J connectivity index is 1.62. The molecule has 1 atom stereocenters. The summed E-state index contributed by atoms with van der Waals surface area (Å²) >= 11 is 17.9. The van der Waals surface area contributed by atoms with Gasteiger partial charge in [0.2, 0.25) is 0 Å². The van der Waals surface area contributed by atoms with Gasteiger partial charge < -0.3 is 4.74 Å². The Labute approximate surface area is 215 Å². The number of fused-ring (bicyclic) bond motifs is 5. The van der Waals surface area contributed by atoms with Gasteiger partial charge in [-0.2, -0.15) is 0 Å². The van der Waals surface area contributed by atoms with Crippen molar-refractivity contribution in [3.63, 3.8) is 0 Å². The highest BCUT2D eigenvalue weighted by molar-refractivity contribution is 7.99. The first kappa shape index (κ1) is 23.7. The summed E-state index contributed by atoms with van der Waals surface area (Å²) in [5.74, 6) is 1.59. The van der Waals surface area contributed by atoms with E-state index in [1.54, 1.807) is 34.9 Å². The molecule has 0 bridgehead atoms. The van der Waals surface area contributed by atoms with Crippen molar-refractivity contribution in [2.75, 3.05) is 5.75 Å². The predicted octanol–water partition coefficient (Wildman–Crippen LogP) is 7.68. The fraction of sp³-hybridized carbons (Fsp3) is 0.435. The van der Waals surface area contributed by atoms with Crippen molar-refractivity contribution in [1.82, 2.24) is 19.6 Å². The molecule has 5 nitrogen and oxygen atoms in total. The molecule has 0 unspecified atom stereocenters. The molecule has 0 N–H and O–H groups in total. The lowest BCUT2D eigenvalue weighted by atomic mass is 9.90. The fourth-order valence-electron chi connectivity index (χ4n) is 3.93. The lowest BCUT2D eigenvalue weighted by molar-refractivity contribution is -0.0542. The molecule has 33 heavy (non-hydrogen) atoms. The van der Waals surface area contributed by atoms with Crippen LogP contribution in [0.4, 0.5) is 0 Å². The minimum absolute atomic E-state index is 0.161. The lowest BCUT2D eigenvalue weighted by Crippen LogP contribution is -2.33. The van der Waals surface area contributed by atoms with E-state index in [4.69, 9.17) is 32.9 Å². The first-order chi connectivity index (χ1) is 15.9. The van der Waals surface area contributed by atoms with Crippen LogP contribution in [0.3, 0.4) is 0 Å². The second kappa shape index (κ2) is 9.55. The Morgan fingerprint density at radius 3 is 2.67 bits per heavy atom. The largest absolute Gasteiger partial charge is 0.369 e. The summed E-state index contributed by atoms with van der Waals surface area (Å²) in [6.07, 6.45) is 2.89. The molecule has 0 amide bonds. The van der Waals surface area contributed by atoms with Crippen LogP contribution in [0.15, 0.2) is 28.5 Å². The summed E-state index contributed by atoms with van der Waals surface area (Å²) < 4.78 is 8.31. The number of thiophene rings is 1. The van der Waals surface area contributed by atoms with Crippen LogP contribution in [0.5, 0.6) is 0 Å². The maximum atomic E-state index is 6.40. The zero-order valence-electron chi connectivity index (χ0n) is 18.7. The van der Waals surface area contributed by atoms with Crippen LogP contribution in [0, 0.1) is 0 Å². The summed E-state index contributed by atoms with van der Waals surface area (Å²) in [5, 5.41) is 13.4. The van der Waals surface area contributed by atoms with E-state index in [2.05, 4.69) is 35.4 Å². The normalized spacial score (nSPS) is 18.3. The van der Waals surface area contributed by atoms with E-state index in [0.29, 0.717) is 22.4 Å². The summed E-state index contributed by atoms with van der Waals surface area (Å²) in [4.78, 5) is 7.36. The smallest absolute Gasteiger partial charge is 0.198 e. The van der Waals surface area contributed by atoms with Crippen molar-refractivity contribution < 1.29 is 4.74 Å². The third kappa shape index (κ3) is 4.39. The van der Waals surface area contributed by atoms with Gasteiger partial charge >= 0.3 is 0 Å². The SMILES string of the molecule is CCCSc1nc2sc3c(c2c2nnc(SCc4c(Cl)cccc4Cl)n12)C[C@](C)(CC)OC3. The minimum atomic E-state index is -0.161. The number of thioether (sulfide) groups is 2. The summed E-state index contributed by atoms with van der Waals surface area (Å²) in [5.41, 5.74) is 2.94. The minimum Gasteiger partial charge on any atom is -0.369 e. The molecule has 0 aliphatic carbocycles. The van der Waals surface area contributed by atoms with Gasteiger partial charge in [0.25, 0.3) is 0 Å². The van der Waals surface area contributed by atoms with Crippen molar-refractivity contribution >= 4 is 73.9 Å². The highest BCUT2D eigenvalue weighted by atomic mass is 35.5. The summed E-state index contributed by atoms with van der Waals surface area (Å²) in [6, 6.07) is 5.59. The van der Waals surface area contributed by atoms with Gasteiger partial charge in [0.05, 0.1) is 17.6 Å². The van der Waals surface area contributed by atoms with Crippen LogP contribution in [0.2, 0.25) is 10.0 Å². The molecule has 4 heterocycles. The van der Waals surface area contributed by atoms with Crippen molar-refractivity contribution in [2.24, 2.45) is 0 Å². The predicted molar refractivity (Wildman–Crippen MR) is 140 cm³/mol. The average Bonchev–Trinajstić information content (AvgIpc) is 3.38. The Morgan fingerprint density at radius 2 is 1.94 bits per heavy atom. The maximum absolute atomic E-state index is 6.40. The van der Waals surface area contributed by atoms with Crippen molar-refractivity contribution in [1.29, 1.82) is 0 Å². The molecular weight excluding hydrogens is 515 g/mol. The van der Waals surface area contributed by atoms with E-state index < -0.39 is 0 Å². The topological polar surface area (TPSA) is 52.3 Å². The number of benzene rings is 1. The highest BCUT2D eigenvalue weighted by Crippen LogP contribution is 2.42. The van der Waals surface area contributed by atoms with Gasteiger partial charge in [-0.1, -0.05) is 66.6 Å². The van der Waals surface area contributed by atoms with Crippen LogP contribution in [-0.2, 0) is 23.5 Å². The van der Waals surface area contributed by atoms with E-state index >= 15 is 0 Å². The van der Waals surface area contributed by atoms with Crippen LogP contribution < -0.4 is 0 Å². The third-order valence-electron chi connectivity index (χ3n) is 6.01. The number of halogens is 2. The molecule has 0 spiro atoms. The number of rotatable bonds is 7. The number of ether oxygens (including phenoxy) is 1. The summed E-state index contributed by atoms with van der Waals surface area (Å²) in [7, 11) is 0. The Bertz CT molecular complexity index is 1320. The summed E-state index contributed by atoms with van der Waals surface area (Å²) in [6.45, 7) is 7.17. The van der Waals surface area contributed by atoms with Gasteiger partial charge in [0.15, 0.2) is 16.0 Å². The molecular formula is C23H24Cl2N4OS3. The first-order valence-electron chi connectivity index (χ1n) is 11.0. The Kier molecular flexibility index (Phi) is 6.86. The van der Waals surface area contributed by atoms with Gasteiger partial charge in [-0.05, 0) is 43.0 Å². The van der Waals surface area contributed by atoms with Crippen LogP contribution >= 0.6 is 58.1 Å². The lowest BCUT2D eigenvalue weighted by Gasteiger charge is -2.33. The van der Waals surface area contributed by atoms with Crippen LogP contribution in [-0.4, -0.2) is 30.9 Å². The second-order valence-corrected chi connectivity index (χ2v) is 12.2. The van der Waals surface area contributed by atoms with Gasteiger partial charge in [0, 0.05) is 32.8 Å². The molecule has 0 radical (unpaired) electrons. The second-order valence-electron chi connectivity index (χ2n) is 8.33. The van der Waals surface area contributed by atoms with Gasteiger partial charge in [-0.3, -0.25) is 0 Å². The molecule has 10 heteroatoms. The molecule has 0 fully saturated rings. The molecule has 1 aliphatic heterocycles. The Hall–Kier alpha value is -1.03. The average molecular weight is 540 g/mol. The Morgan fingerprint density at radius 1 is 1.15 bits per heavy atom. The standard InChI is InChI=1S/C23H24Cl2N4OS3/c1-4-9-31-21-26-20-18(13-10-23(3,5-2)30-11-17(13)33-20)19-27-28-22(29(19)21)32-12-14-15(24)7-6-8-16(14)25/h6-8H,4-5,9-12H2,1-3H3/t23-/m0/s1. The van der Waals surface area contributed by atoms with E-state index in [1.807, 2.05) is 18.2 Å². The first-order valence-corrected chi connectivity index (χ1v) is 14.5. The fourth-order valence-corrected chi connectivity index (χ4v) is 7.67. The van der Waals surface area contributed by atoms with Crippen molar-refractivity contribution in [3.8, 4) is 0 Å². The van der Waals surface area contributed by atoms with Crippen molar-refractivity contribution in [2.45, 2.75) is 68.3 Å². The monoisotopic (exact) mass is 538 g/mol. The molecule has 1 aromatic carbocycles. The number of hydrogen-bond donors (Lipinski definition) is 0. The molecule has 0 saturated carbocycles. The van der Waals surface area contributed by atoms with Gasteiger partial charge in [-0.15, -0.1) is 21.5 Å². The van der Waals surface area contributed by atoms with E-state index in [1.165, 1.54) is 10.4 Å². The van der Waals surface area contributed by atoms with E-state index in [9.17, 15) is 0 Å². The molecule has 0 saturated heterocycles.